The number of hydrogen-bond donors (Lipinski definition) is 1. The van der Waals surface area contributed by atoms with E-state index in [4.69, 9.17) is 10.5 Å². The molecule has 1 aromatic heterocycles. The second-order valence-corrected chi connectivity index (χ2v) is 4.74. The first kappa shape index (κ1) is 14.1. The molecule has 19 heavy (non-hydrogen) atoms. The number of hydrogen-bond acceptors (Lipinski definition) is 5. The van der Waals surface area contributed by atoms with Gasteiger partial charge < -0.3 is 20.3 Å². The van der Waals surface area contributed by atoms with Crippen LogP contribution in [0.3, 0.4) is 0 Å². The Morgan fingerprint density at radius 1 is 1.26 bits per heavy atom. The third kappa shape index (κ3) is 4.08. The molecule has 5 nitrogen and oxygen atoms in total. The Labute approximate surface area is 115 Å². The van der Waals surface area contributed by atoms with Crippen LogP contribution in [0.15, 0.2) is 18.2 Å². The van der Waals surface area contributed by atoms with Crippen molar-refractivity contribution in [3.63, 3.8) is 0 Å². The summed E-state index contributed by atoms with van der Waals surface area (Å²) in [5, 5.41) is 0. The average molecular weight is 264 g/mol. The van der Waals surface area contributed by atoms with Gasteiger partial charge in [-0.3, -0.25) is 0 Å². The summed E-state index contributed by atoms with van der Waals surface area (Å²) in [4.78, 5) is 9.31. The van der Waals surface area contributed by atoms with Gasteiger partial charge in [0, 0.05) is 38.8 Å². The van der Waals surface area contributed by atoms with Crippen molar-refractivity contribution in [2.75, 3.05) is 50.8 Å². The Kier molecular flexibility index (Phi) is 5.42. The zero-order valence-corrected chi connectivity index (χ0v) is 11.7. The quantitative estimate of drug-likeness (QED) is 0.858. The lowest BCUT2D eigenvalue weighted by molar-refractivity contribution is 0.302. The lowest BCUT2D eigenvalue weighted by Gasteiger charge is -2.22. The van der Waals surface area contributed by atoms with E-state index in [2.05, 4.69) is 20.9 Å². The van der Waals surface area contributed by atoms with Crippen LogP contribution in [0, 0.1) is 0 Å². The topological polar surface area (TPSA) is 54.6 Å². The van der Waals surface area contributed by atoms with E-state index in [1.54, 1.807) is 0 Å². The minimum absolute atomic E-state index is 0.654. The summed E-state index contributed by atoms with van der Waals surface area (Å²) in [5.41, 5.74) is 5.63. The maximum atomic E-state index is 5.63. The SMILES string of the molecule is CCOc1cccc(N2CCCN(CCN)CC2)n1. The lowest BCUT2D eigenvalue weighted by atomic mass is 10.3. The van der Waals surface area contributed by atoms with Crippen LogP contribution in [-0.4, -0.2) is 55.8 Å². The molecule has 2 rings (SSSR count). The Balaban J connectivity index is 1.99. The molecule has 0 amide bonds. The normalized spacial score (nSPS) is 17.3. The van der Waals surface area contributed by atoms with Gasteiger partial charge in [-0.1, -0.05) is 6.07 Å². The highest BCUT2D eigenvalue weighted by Crippen LogP contribution is 2.17. The van der Waals surface area contributed by atoms with E-state index in [0.29, 0.717) is 12.5 Å². The molecule has 0 spiro atoms. The molecule has 0 saturated carbocycles. The zero-order valence-electron chi connectivity index (χ0n) is 11.7. The fourth-order valence-electron chi connectivity index (χ4n) is 2.41. The van der Waals surface area contributed by atoms with Crippen molar-refractivity contribution >= 4 is 5.82 Å². The van der Waals surface area contributed by atoms with Crippen LogP contribution in [0.25, 0.3) is 0 Å². The summed E-state index contributed by atoms with van der Waals surface area (Å²) in [7, 11) is 0. The Morgan fingerprint density at radius 2 is 2.16 bits per heavy atom. The monoisotopic (exact) mass is 264 g/mol. The van der Waals surface area contributed by atoms with Gasteiger partial charge in [-0.15, -0.1) is 0 Å². The molecule has 0 aliphatic carbocycles. The van der Waals surface area contributed by atoms with E-state index in [1.807, 2.05) is 19.1 Å². The summed E-state index contributed by atoms with van der Waals surface area (Å²) in [6.07, 6.45) is 1.15. The summed E-state index contributed by atoms with van der Waals surface area (Å²) in [5.74, 6) is 1.73. The van der Waals surface area contributed by atoms with Crippen molar-refractivity contribution < 1.29 is 4.74 Å². The van der Waals surface area contributed by atoms with E-state index in [0.717, 1.165) is 51.5 Å². The molecular weight excluding hydrogens is 240 g/mol. The fraction of sp³-hybridized carbons (Fsp3) is 0.643. The number of nitrogens with zero attached hydrogens (tertiary/aromatic N) is 3. The highest BCUT2D eigenvalue weighted by atomic mass is 16.5. The molecule has 0 aromatic carbocycles. The summed E-state index contributed by atoms with van der Waals surface area (Å²) < 4.78 is 5.46. The van der Waals surface area contributed by atoms with Crippen LogP contribution in [-0.2, 0) is 0 Å². The van der Waals surface area contributed by atoms with Crippen molar-refractivity contribution in [1.29, 1.82) is 0 Å². The van der Waals surface area contributed by atoms with Crippen molar-refractivity contribution in [2.45, 2.75) is 13.3 Å². The third-order valence-electron chi connectivity index (χ3n) is 3.36. The van der Waals surface area contributed by atoms with Crippen LogP contribution < -0.4 is 15.4 Å². The molecule has 2 heterocycles. The largest absolute Gasteiger partial charge is 0.478 e. The van der Waals surface area contributed by atoms with Gasteiger partial charge in [-0.2, -0.15) is 4.98 Å². The molecule has 2 N–H and O–H groups in total. The number of aromatic nitrogens is 1. The van der Waals surface area contributed by atoms with Crippen molar-refractivity contribution in [2.24, 2.45) is 5.73 Å². The summed E-state index contributed by atoms with van der Waals surface area (Å²) >= 11 is 0. The molecule has 0 unspecified atom stereocenters. The minimum Gasteiger partial charge on any atom is -0.478 e. The van der Waals surface area contributed by atoms with Gasteiger partial charge >= 0.3 is 0 Å². The van der Waals surface area contributed by atoms with Crippen LogP contribution in [0.2, 0.25) is 0 Å². The van der Waals surface area contributed by atoms with Crippen molar-refractivity contribution in [1.82, 2.24) is 9.88 Å². The highest BCUT2D eigenvalue weighted by molar-refractivity contribution is 5.40. The van der Waals surface area contributed by atoms with Gasteiger partial charge in [0.1, 0.15) is 5.82 Å². The molecule has 1 aromatic rings. The molecule has 1 aliphatic heterocycles. The number of pyridine rings is 1. The minimum atomic E-state index is 0.654. The van der Waals surface area contributed by atoms with Crippen LogP contribution in [0.5, 0.6) is 5.88 Å². The van der Waals surface area contributed by atoms with E-state index in [1.165, 1.54) is 0 Å². The number of anilines is 1. The molecule has 1 aliphatic rings. The van der Waals surface area contributed by atoms with E-state index >= 15 is 0 Å². The second kappa shape index (κ2) is 7.31. The van der Waals surface area contributed by atoms with Gasteiger partial charge in [-0.05, 0) is 26.0 Å². The molecule has 5 heteroatoms. The molecule has 1 fully saturated rings. The predicted molar refractivity (Wildman–Crippen MR) is 77.7 cm³/mol. The number of nitrogens with two attached hydrogens (primary N) is 1. The number of rotatable bonds is 5. The smallest absolute Gasteiger partial charge is 0.215 e. The first-order valence-corrected chi connectivity index (χ1v) is 7.10. The molecular formula is C14H24N4O. The standard InChI is InChI=1S/C14H24N4O/c1-2-19-14-6-3-5-13(16-14)18-9-4-8-17(10-7-15)11-12-18/h3,5-6H,2,4,7-12,15H2,1H3. The van der Waals surface area contributed by atoms with Crippen LogP contribution >= 0.6 is 0 Å². The molecule has 106 valence electrons. The zero-order chi connectivity index (χ0) is 13.5. The maximum Gasteiger partial charge on any atom is 0.215 e. The van der Waals surface area contributed by atoms with Gasteiger partial charge in [0.2, 0.25) is 5.88 Å². The molecule has 0 radical (unpaired) electrons. The fourth-order valence-corrected chi connectivity index (χ4v) is 2.41. The Hall–Kier alpha value is -1.33. The van der Waals surface area contributed by atoms with E-state index in [9.17, 15) is 0 Å². The van der Waals surface area contributed by atoms with E-state index in [-0.39, 0.29) is 0 Å². The first-order valence-electron chi connectivity index (χ1n) is 7.10. The lowest BCUT2D eigenvalue weighted by Crippen LogP contribution is -2.34. The Morgan fingerprint density at radius 3 is 2.95 bits per heavy atom. The van der Waals surface area contributed by atoms with Gasteiger partial charge in [0.05, 0.1) is 6.61 Å². The summed E-state index contributed by atoms with van der Waals surface area (Å²) in [6.45, 7) is 8.58. The molecule has 0 atom stereocenters. The molecule has 1 saturated heterocycles. The number of ether oxygens (including phenoxy) is 1. The second-order valence-electron chi connectivity index (χ2n) is 4.74. The van der Waals surface area contributed by atoms with E-state index < -0.39 is 0 Å². The summed E-state index contributed by atoms with van der Waals surface area (Å²) in [6, 6.07) is 5.97. The van der Waals surface area contributed by atoms with Gasteiger partial charge in [0.15, 0.2) is 0 Å². The predicted octanol–water partition coefficient (Wildman–Crippen LogP) is 0.951. The third-order valence-corrected chi connectivity index (χ3v) is 3.36. The first-order chi connectivity index (χ1) is 9.33. The van der Waals surface area contributed by atoms with Gasteiger partial charge in [-0.25, -0.2) is 0 Å². The molecule has 0 bridgehead atoms. The van der Waals surface area contributed by atoms with Crippen molar-refractivity contribution in [3.05, 3.63) is 18.2 Å². The van der Waals surface area contributed by atoms with Crippen LogP contribution in [0.1, 0.15) is 13.3 Å². The van der Waals surface area contributed by atoms with Gasteiger partial charge in [0.25, 0.3) is 0 Å². The highest BCUT2D eigenvalue weighted by Gasteiger charge is 2.15. The van der Waals surface area contributed by atoms with Crippen molar-refractivity contribution in [3.8, 4) is 5.88 Å². The Bertz CT molecular complexity index is 385. The van der Waals surface area contributed by atoms with Crippen LogP contribution in [0.4, 0.5) is 5.82 Å². The average Bonchev–Trinajstić information content (AvgIpc) is 2.66. The maximum absolute atomic E-state index is 5.63.